The van der Waals surface area contributed by atoms with E-state index >= 15 is 4.39 Å². The van der Waals surface area contributed by atoms with Gasteiger partial charge in [-0.05, 0) is 55.1 Å². The fourth-order valence-corrected chi connectivity index (χ4v) is 6.29. The maximum absolute atomic E-state index is 16.1. The van der Waals surface area contributed by atoms with E-state index in [1.807, 2.05) is 12.1 Å². The third-order valence-electron chi connectivity index (χ3n) is 8.00. The number of piperazine rings is 1. The Hall–Kier alpha value is -2.80. The molecule has 2 aromatic heterocycles. The molecule has 1 spiro atoms. The Bertz CT molecular complexity index is 1240. The molecule has 2 bridgehead atoms. The van der Waals surface area contributed by atoms with E-state index < -0.39 is 0 Å². The van der Waals surface area contributed by atoms with Crippen LogP contribution in [-0.2, 0) is 11.8 Å². The van der Waals surface area contributed by atoms with E-state index in [1.165, 1.54) is 50.3 Å². The van der Waals surface area contributed by atoms with Crippen molar-refractivity contribution < 1.29 is 9.13 Å². The summed E-state index contributed by atoms with van der Waals surface area (Å²) < 4.78 is 21.5. The number of aromatic nitrogens is 3. The Morgan fingerprint density at radius 2 is 1.94 bits per heavy atom. The van der Waals surface area contributed by atoms with Gasteiger partial charge >= 0.3 is 6.01 Å². The highest BCUT2D eigenvalue weighted by Gasteiger charge is 2.50. The molecule has 7 heteroatoms. The van der Waals surface area contributed by atoms with Crippen LogP contribution in [0.2, 0.25) is 0 Å². The average Bonchev–Trinajstić information content (AvgIpc) is 3.40. The van der Waals surface area contributed by atoms with Gasteiger partial charge in [0.05, 0.1) is 12.5 Å². The first-order valence-electron chi connectivity index (χ1n) is 11.7. The van der Waals surface area contributed by atoms with E-state index in [0.29, 0.717) is 28.7 Å². The lowest BCUT2D eigenvalue weighted by molar-refractivity contribution is 0.380. The van der Waals surface area contributed by atoms with Crippen LogP contribution in [-0.4, -0.2) is 47.2 Å². The second-order valence-electron chi connectivity index (χ2n) is 9.88. The second kappa shape index (κ2) is 6.61. The van der Waals surface area contributed by atoms with E-state index in [2.05, 4.69) is 31.2 Å². The molecule has 4 heterocycles. The van der Waals surface area contributed by atoms with Crippen molar-refractivity contribution in [1.29, 1.82) is 0 Å². The number of ether oxygens (including phenoxy) is 1. The van der Waals surface area contributed by atoms with Crippen LogP contribution in [0, 0.1) is 5.82 Å². The van der Waals surface area contributed by atoms with E-state index in [9.17, 15) is 0 Å². The zero-order valence-electron chi connectivity index (χ0n) is 18.2. The number of anilines is 1. The van der Waals surface area contributed by atoms with Crippen molar-refractivity contribution in [1.82, 2.24) is 20.3 Å². The number of hydrogen-bond donors (Lipinski definition) is 1. The van der Waals surface area contributed by atoms with Crippen LogP contribution in [0.4, 0.5) is 10.2 Å². The van der Waals surface area contributed by atoms with Crippen molar-refractivity contribution >= 4 is 16.7 Å². The summed E-state index contributed by atoms with van der Waals surface area (Å²) in [4.78, 5) is 16.0. The van der Waals surface area contributed by atoms with Crippen LogP contribution >= 0.6 is 0 Å². The molecule has 3 fully saturated rings. The quantitative estimate of drug-likeness (QED) is 0.681. The van der Waals surface area contributed by atoms with Gasteiger partial charge in [-0.3, -0.25) is 4.98 Å². The molecule has 2 saturated heterocycles. The van der Waals surface area contributed by atoms with Gasteiger partial charge in [0.25, 0.3) is 0 Å². The third-order valence-corrected chi connectivity index (χ3v) is 8.00. The summed E-state index contributed by atoms with van der Waals surface area (Å²) in [5.41, 5.74) is 4.52. The minimum absolute atomic E-state index is 0.200. The zero-order chi connectivity index (χ0) is 21.4. The predicted molar refractivity (Wildman–Crippen MR) is 121 cm³/mol. The first-order valence-corrected chi connectivity index (χ1v) is 11.7. The largest absolute Gasteiger partial charge is 0.467 e. The van der Waals surface area contributed by atoms with Crippen molar-refractivity contribution in [2.24, 2.45) is 0 Å². The first kappa shape index (κ1) is 18.7. The topological polar surface area (TPSA) is 63.2 Å². The molecule has 2 unspecified atom stereocenters. The molecule has 1 saturated carbocycles. The predicted octanol–water partition coefficient (Wildman–Crippen LogP) is 3.76. The number of pyridine rings is 1. The first-order chi connectivity index (χ1) is 15.6. The van der Waals surface area contributed by atoms with Gasteiger partial charge in [0.15, 0.2) is 5.82 Å². The van der Waals surface area contributed by atoms with Crippen LogP contribution in [0.1, 0.15) is 43.2 Å². The summed E-state index contributed by atoms with van der Waals surface area (Å²) in [6.45, 7) is 1.70. The van der Waals surface area contributed by atoms with Crippen molar-refractivity contribution in [3.63, 3.8) is 0 Å². The van der Waals surface area contributed by atoms with Crippen LogP contribution in [0.5, 0.6) is 6.01 Å². The van der Waals surface area contributed by atoms with E-state index in [0.717, 1.165) is 30.9 Å². The molecule has 1 N–H and O–H groups in total. The molecule has 2 aliphatic carbocycles. The molecule has 0 radical (unpaired) electrons. The molecule has 2 atom stereocenters. The van der Waals surface area contributed by atoms with Gasteiger partial charge in [0.2, 0.25) is 0 Å². The average molecular weight is 432 g/mol. The molecule has 2 aliphatic heterocycles. The lowest BCUT2D eigenvalue weighted by atomic mass is 9.91. The smallest absolute Gasteiger partial charge is 0.318 e. The number of fused-ring (bicyclic) bond motifs is 5. The van der Waals surface area contributed by atoms with Crippen LogP contribution in [0.3, 0.4) is 0 Å². The Balaban J connectivity index is 1.40. The summed E-state index contributed by atoms with van der Waals surface area (Å²) in [5.74, 6) is 0.346. The summed E-state index contributed by atoms with van der Waals surface area (Å²) in [6.07, 6.45) is 8.72. The number of rotatable bonds is 3. The number of nitrogens with zero attached hydrogens (tertiary/aromatic N) is 4. The van der Waals surface area contributed by atoms with Crippen LogP contribution in [0.15, 0.2) is 24.4 Å². The molecule has 164 valence electrons. The third kappa shape index (κ3) is 2.63. The molecular formula is C25H26FN5O. The fourth-order valence-electron chi connectivity index (χ4n) is 6.29. The Kier molecular flexibility index (Phi) is 3.87. The van der Waals surface area contributed by atoms with Gasteiger partial charge in [-0.25, -0.2) is 4.39 Å². The molecular weight excluding hydrogens is 405 g/mol. The number of methoxy groups -OCH3 is 1. The number of benzene rings is 1. The molecule has 6 nitrogen and oxygen atoms in total. The SMILES string of the molecule is COc1nc(N2CC3CCC(C2)N3)c2cnc(-c3cccc4c3C3(CC4)CC3)c(F)c2n1. The summed E-state index contributed by atoms with van der Waals surface area (Å²) in [6, 6.07) is 7.34. The maximum atomic E-state index is 16.1. The normalized spacial score (nSPS) is 24.9. The Morgan fingerprint density at radius 1 is 1.12 bits per heavy atom. The standard InChI is InChI=1S/C25H26FN5O/c1-32-24-29-22-18(23(30-24)31-12-15-5-6-16(13-31)28-15)11-27-21(20(22)26)17-4-2-3-14-7-8-25(9-10-25)19(14)17/h2-4,11,15-16,28H,5-10,12-13H2,1H3. The number of halogens is 1. The van der Waals surface area contributed by atoms with Crippen LogP contribution in [0.25, 0.3) is 22.2 Å². The maximum Gasteiger partial charge on any atom is 0.318 e. The number of nitrogens with one attached hydrogen (secondary N) is 1. The minimum Gasteiger partial charge on any atom is -0.467 e. The van der Waals surface area contributed by atoms with Gasteiger partial charge in [-0.1, -0.05) is 18.2 Å². The molecule has 32 heavy (non-hydrogen) atoms. The van der Waals surface area contributed by atoms with Crippen molar-refractivity contribution in [2.75, 3.05) is 25.1 Å². The summed E-state index contributed by atoms with van der Waals surface area (Å²) in [5, 5.41) is 4.29. The van der Waals surface area contributed by atoms with Gasteiger partial charge in [0.1, 0.15) is 17.0 Å². The highest BCUT2D eigenvalue weighted by molar-refractivity contribution is 5.92. The van der Waals surface area contributed by atoms with Gasteiger partial charge in [-0.15, -0.1) is 0 Å². The lowest BCUT2D eigenvalue weighted by Gasteiger charge is -2.34. The van der Waals surface area contributed by atoms with Crippen molar-refractivity contribution in [2.45, 2.75) is 56.0 Å². The lowest BCUT2D eigenvalue weighted by Crippen LogP contribution is -2.51. The highest BCUT2D eigenvalue weighted by Crippen LogP contribution is 2.59. The monoisotopic (exact) mass is 431 g/mol. The molecule has 0 amide bonds. The van der Waals surface area contributed by atoms with Crippen molar-refractivity contribution in [3.05, 3.63) is 41.3 Å². The minimum atomic E-state index is -0.376. The second-order valence-corrected chi connectivity index (χ2v) is 9.88. The van der Waals surface area contributed by atoms with E-state index in [-0.39, 0.29) is 17.2 Å². The Labute approximate surface area is 186 Å². The number of aryl methyl sites for hydroxylation is 1. The van der Waals surface area contributed by atoms with E-state index in [4.69, 9.17) is 4.74 Å². The molecule has 1 aromatic carbocycles. The fraction of sp³-hybridized carbons (Fsp3) is 0.480. The van der Waals surface area contributed by atoms with Crippen molar-refractivity contribution in [3.8, 4) is 17.3 Å². The zero-order valence-corrected chi connectivity index (χ0v) is 18.2. The molecule has 3 aromatic rings. The highest BCUT2D eigenvalue weighted by atomic mass is 19.1. The van der Waals surface area contributed by atoms with Gasteiger partial charge < -0.3 is 15.0 Å². The molecule has 7 rings (SSSR count). The molecule has 4 aliphatic rings. The summed E-state index contributed by atoms with van der Waals surface area (Å²) in [7, 11) is 1.54. The van der Waals surface area contributed by atoms with E-state index in [1.54, 1.807) is 6.20 Å². The number of hydrogen-bond acceptors (Lipinski definition) is 6. The Morgan fingerprint density at radius 3 is 2.69 bits per heavy atom. The van der Waals surface area contributed by atoms with Gasteiger partial charge in [0, 0.05) is 36.9 Å². The van der Waals surface area contributed by atoms with Gasteiger partial charge in [-0.2, -0.15) is 9.97 Å². The van der Waals surface area contributed by atoms with Crippen LogP contribution < -0.4 is 15.0 Å². The summed E-state index contributed by atoms with van der Waals surface area (Å²) >= 11 is 0.